The Hall–Kier alpha value is -0.220. The van der Waals surface area contributed by atoms with Crippen LogP contribution in [0.3, 0.4) is 0 Å². The summed E-state index contributed by atoms with van der Waals surface area (Å²) in [5, 5.41) is 3.07. The number of hydrogen-bond acceptors (Lipinski definition) is 3. The predicted octanol–water partition coefficient (Wildman–Crippen LogP) is 1.52. The summed E-state index contributed by atoms with van der Waals surface area (Å²) >= 11 is 1.70. The molecule has 0 aromatic rings. The normalized spacial score (nSPS) is 27.1. The van der Waals surface area contributed by atoms with Crippen LogP contribution in [0.2, 0.25) is 0 Å². The molecule has 3 N–H and O–H groups in total. The third-order valence-electron chi connectivity index (χ3n) is 2.95. The number of rotatable bonds is 4. The van der Waals surface area contributed by atoms with Gasteiger partial charge in [-0.15, -0.1) is 0 Å². The molecule has 88 valence electrons. The highest BCUT2D eigenvalue weighted by molar-refractivity contribution is 7.98. The third kappa shape index (κ3) is 4.89. The molecule has 0 heterocycles. The van der Waals surface area contributed by atoms with Gasteiger partial charge in [-0.05, 0) is 19.1 Å². The Bertz CT molecular complexity index is 199. The molecule has 2 unspecified atom stereocenters. The summed E-state index contributed by atoms with van der Waals surface area (Å²) in [5.41, 5.74) is 6.04. The molecular formula is C11H22N2OS. The summed E-state index contributed by atoms with van der Waals surface area (Å²) in [6.45, 7) is 0. The summed E-state index contributed by atoms with van der Waals surface area (Å²) in [4.78, 5) is 11.5. The lowest BCUT2D eigenvalue weighted by Gasteiger charge is -2.22. The van der Waals surface area contributed by atoms with E-state index in [1.807, 2.05) is 6.26 Å². The fourth-order valence-electron chi connectivity index (χ4n) is 1.99. The van der Waals surface area contributed by atoms with E-state index in [2.05, 4.69) is 5.32 Å². The highest BCUT2D eigenvalue weighted by Crippen LogP contribution is 2.16. The number of thioether (sulfide) groups is 1. The van der Waals surface area contributed by atoms with E-state index in [0.29, 0.717) is 6.42 Å². The van der Waals surface area contributed by atoms with Crippen molar-refractivity contribution in [3.63, 3.8) is 0 Å². The average Bonchev–Trinajstić information content (AvgIpc) is 2.42. The number of nitrogens with one attached hydrogen (secondary N) is 1. The van der Waals surface area contributed by atoms with Crippen molar-refractivity contribution in [2.75, 3.05) is 12.0 Å². The van der Waals surface area contributed by atoms with Crippen molar-refractivity contribution in [3.05, 3.63) is 0 Å². The van der Waals surface area contributed by atoms with Crippen molar-refractivity contribution in [1.82, 2.24) is 5.32 Å². The Balaban J connectivity index is 2.30. The first kappa shape index (κ1) is 12.8. The van der Waals surface area contributed by atoms with Gasteiger partial charge in [-0.2, -0.15) is 11.8 Å². The molecule has 1 rings (SSSR count). The maximum Gasteiger partial charge on any atom is 0.221 e. The molecule has 0 aliphatic heterocycles. The van der Waals surface area contributed by atoms with Gasteiger partial charge in [-0.3, -0.25) is 4.79 Å². The zero-order valence-electron chi connectivity index (χ0n) is 9.50. The Morgan fingerprint density at radius 2 is 2.13 bits per heavy atom. The molecule has 0 bridgehead atoms. The van der Waals surface area contributed by atoms with Crippen molar-refractivity contribution in [2.24, 2.45) is 5.73 Å². The summed E-state index contributed by atoms with van der Waals surface area (Å²) < 4.78 is 0. The van der Waals surface area contributed by atoms with Crippen molar-refractivity contribution >= 4 is 17.7 Å². The van der Waals surface area contributed by atoms with Crippen molar-refractivity contribution in [1.29, 1.82) is 0 Å². The first-order chi connectivity index (χ1) is 7.24. The van der Waals surface area contributed by atoms with Crippen molar-refractivity contribution < 1.29 is 4.79 Å². The van der Waals surface area contributed by atoms with E-state index >= 15 is 0 Å². The SMILES string of the molecule is CSCCC(=O)NC1CCCCCC1N. The van der Waals surface area contributed by atoms with Gasteiger partial charge in [0.05, 0.1) is 0 Å². The standard InChI is InChI=1S/C11H22N2OS/c1-15-8-7-11(14)13-10-6-4-2-3-5-9(10)12/h9-10H,2-8,12H2,1H3,(H,13,14). The number of amides is 1. The summed E-state index contributed by atoms with van der Waals surface area (Å²) in [6, 6.07) is 0.368. The minimum atomic E-state index is 0.158. The Kier molecular flexibility index (Phi) is 6.10. The lowest BCUT2D eigenvalue weighted by Crippen LogP contribution is -2.47. The first-order valence-corrected chi connectivity index (χ1v) is 7.17. The Morgan fingerprint density at radius 3 is 2.87 bits per heavy atom. The molecule has 1 fully saturated rings. The maximum atomic E-state index is 11.5. The van der Waals surface area contributed by atoms with Crippen LogP contribution in [0.1, 0.15) is 38.5 Å². The molecule has 0 aromatic carbocycles. The van der Waals surface area contributed by atoms with E-state index in [1.165, 1.54) is 19.3 Å². The molecule has 4 heteroatoms. The second-order valence-corrected chi connectivity index (χ2v) is 5.20. The molecular weight excluding hydrogens is 208 g/mol. The van der Waals surface area contributed by atoms with Crippen LogP contribution in [0.4, 0.5) is 0 Å². The topological polar surface area (TPSA) is 55.1 Å². The van der Waals surface area contributed by atoms with E-state index in [-0.39, 0.29) is 18.0 Å². The van der Waals surface area contributed by atoms with Crippen LogP contribution in [0, 0.1) is 0 Å². The monoisotopic (exact) mass is 230 g/mol. The zero-order valence-corrected chi connectivity index (χ0v) is 10.3. The van der Waals surface area contributed by atoms with Crippen LogP contribution in [0.5, 0.6) is 0 Å². The molecule has 0 aromatic heterocycles. The molecule has 3 nitrogen and oxygen atoms in total. The second-order valence-electron chi connectivity index (χ2n) is 4.22. The van der Waals surface area contributed by atoms with Gasteiger partial charge in [-0.25, -0.2) is 0 Å². The number of carbonyl (C=O) groups is 1. The van der Waals surface area contributed by atoms with Gasteiger partial charge in [0.15, 0.2) is 0 Å². The molecule has 1 saturated carbocycles. The third-order valence-corrected chi connectivity index (χ3v) is 3.56. The fraction of sp³-hybridized carbons (Fsp3) is 0.909. The Labute approximate surface area is 96.6 Å². The molecule has 1 aliphatic rings. The molecule has 0 radical (unpaired) electrons. The van der Waals surface area contributed by atoms with Crippen LogP contribution in [0.25, 0.3) is 0 Å². The van der Waals surface area contributed by atoms with Crippen LogP contribution in [-0.2, 0) is 4.79 Å². The van der Waals surface area contributed by atoms with E-state index in [0.717, 1.165) is 18.6 Å². The summed E-state index contributed by atoms with van der Waals surface area (Å²) in [5.74, 6) is 1.06. The Morgan fingerprint density at radius 1 is 1.40 bits per heavy atom. The van der Waals surface area contributed by atoms with E-state index < -0.39 is 0 Å². The van der Waals surface area contributed by atoms with Crippen LogP contribution in [-0.4, -0.2) is 30.0 Å². The van der Waals surface area contributed by atoms with Gasteiger partial charge in [0.2, 0.25) is 5.91 Å². The van der Waals surface area contributed by atoms with Gasteiger partial charge in [-0.1, -0.05) is 19.3 Å². The van der Waals surface area contributed by atoms with Gasteiger partial charge >= 0.3 is 0 Å². The maximum absolute atomic E-state index is 11.5. The minimum absolute atomic E-state index is 0.158. The van der Waals surface area contributed by atoms with Crippen molar-refractivity contribution in [2.45, 2.75) is 50.6 Å². The van der Waals surface area contributed by atoms with Gasteiger partial charge in [0.25, 0.3) is 0 Å². The molecule has 1 amide bonds. The van der Waals surface area contributed by atoms with Gasteiger partial charge in [0.1, 0.15) is 0 Å². The second kappa shape index (κ2) is 7.12. The molecule has 0 spiro atoms. The molecule has 15 heavy (non-hydrogen) atoms. The predicted molar refractivity (Wildman–Crippen MR) is 66.0 cm³/mol. The fourth-order valence-corrected chi connectivity index (χ4v) is 2.38. The van der Waals surface area contributed by atoms with Crippen LogP contribution < -0.4 is 11.1 Å². The molecule has 1 aliphatic carbocycles. The largest absolute Gasteiger partial charge is 0.352 e. The zero-order chi connectivity index (χ0) is 11.1. The first-order valence-electron chi connectivity index (χ1n) is 5.78. The average molecular weight is 230 g/mol. The van der Waals surface area contributed by atoms with Crippen LogP contribution >= 0.6 is 11.8 Å². The lowest BCUT2D eigenvalue weighted by atomic mass is 10.0. The number of carbonyl (C=O) groups excluding carboxylic acids is 1. The minimum Gasteiger partial charge on any atom is -0.352 e. The summed E-state index contributed by atoms with van der Waals surface area (Å²) in [7, 11) is 0. The number of nitrogens with two attached hydrogens (primary N) is 1. The summed E-state index contributed by atoms with van der Waals surface area (Å²) in [6.07, 6.45) is 8.39. The van der Waals surface area contributed by atoms with E-state index in [9.17, 15) is 4.79 Å². The lowest BCUT2D eigenvalue weighted by molar-refractivity contribution is -0.121. The quantitative estimate of drug-likeness (QED) is 0.720. The molecule has 0 saturated heterocycles. The van der Waals surface area contributed by atoms with E-state index in [4.69, 9.17) is 5.73 Å². The van der Waals surface area contributed by atoms with E-state index in [1.54, 1.807) is 11.8 Å². The highest BCUT2D eigenvalue weighted by Gasteiger charge is 2.21. The molecule has 2 atom stereocenters. The van der Waals surface area contributed by atoms with Gasteiger partial charge < -0.3 is 11.1 Å². The smallest absolute Gasteiger partial charge is 0.221 e. The van der Waals surface area contributed by atoms with Crippen LogP contribution in [0.15, 0.2) is 0 Å². The highest BCUT2D eigenvalue weighted by atomic mass is 32.2. The van der Waals surface area contributed by atoms with Crippen molar-refractivity contribution in [3.8, 4) is 0 Å². The van der Waals surface area contributed by atoms with Gasteiger partial charge in [0, 0.05) is 24.3 Å². The number of hydrogen-bond donors (Lipinski definition) is 2.